The van der Waals surface area contributed by atoms with E-state index in [-0.39, 0.29) is 13.2 Å². The van der Waals surface area contributed by atoms with Crippen molar-refractivity contribution in [2.75, 3.05) is 13.7 Å². The molecule has 0 aliphatic carbocycles. The van der Waals surface area contributed by atoms with Crippen LogP contribution in [-0.2, 0) is 16.1 Å². The van der Waals surface area contributed by atoms with Gasteiger partial charge in [-0.15, -0.1) is 0 Å². The summed E-state index contributed by atoms with van der Waals surface area (Å²) in [6.45, 7) is -0.111. The van der Waals surface area contributed by atoms with Crippen LogP contribution in [0.2, 0.25) is 0 Å². The molecule has 0 N–H and O–H groups in total. The average Bonchev–Trinajstić information content (AvgIpc) is 2.58. The Morgan fingerprint density at radius 2 is 1.96 bits per heavy atom. The summed E-state index contributed by atoms with van der Waals surface area (Å²) < 4.78 is 16.6. The van der Waals surface area contributed by atoms with E-state index in [4.69, 9.17) is 19.5 Å². The molecule has 0 saturated heterocycles. The second-order valence-corrected chi connectivity index (χ2v) is 5.46. The summed E-state index contributed by atoms with van der Waals surface area (Å²) in [5.74, 6) is 0.659. The van der Waals surface area contributed by atoms with Gasteiger partial charge >= 0.3 is 5.97 Å². The number of esters is 1. The molecule has 0 aliphatic heterocycles. The minimum absolute atomic E-state index is 0.0954. The van der Waals surface area contributed by atoms with Crippen molar-refractivity contribution in [3.05, 3.63) is 58.1 Å². The highest BCUT2D eigenvalue weighted by Crippen LogP contribution is 2.23. The number of methoxy groups -OCH3 is 1. The standard InChI is InChI=1S/C17H14BrNO4/c1-21-16-7-4-14(18)8-13(16)10-23-17(20)11-22-15-5-2-12(9-19)3-6-15/h2-8H,10-11H2,1H3. The highest BCUT2D eigenvalue weighted by atomic mass is 79.9. The lowest BCUT2D eigenvalue weighted by Gasteiger charge is -2.10. The van der Waals surface area contributed by atoms with E-state index in [1.165, 1.54) is 0 Å². The molecule has 0 radical (unpaired) electrons. The zero-order valence-electron chi connectivity index (χ0n) is 12.4. The fourth-order valence-corrected chi connectivity index (χ4v) is 2.24. The highest BCUT2D eigenvalue weighted by molar-refractivity contribution is 9.10. The number of carbonyl (C=O) groups is 1. The quantitative estimate of drug-likeness (QED) is 0.723. The average molecular weight is 376 g/mol. The van der Waals surface area contributed by atoms with Crippen LogP contribution in [0.5, 0.6) is 11.5 Å². The Labute approximate surface area is 142 Å². The van der Waals surface area contributed by atoms with E-state index < -0.39 is 5.97 Å². The topological polar surface area (TPSA) is 68.6 Å². The minimum atomic E-state index is -0.489. The predicted molar refractivity (Wildman–Crippen MR) is 87.1 cm³/mol. The van der Waals surface area contributed by atoms with Crippen LogP contribution in [0.1, 0.15) is 11.1 Å². The highest BCUT2D eigenvalue weighted by Gasteiger charge is 2.09. The lowest BCUT2D eigenvalue weighted by Crippen LogP contribution is -2.15. The summed E-state index contributed by atoms with van der Waals surface area (Å²) in [7, 11) is 1.56. The van der Waals surface area contributed by atoms with Gasteiger partial charge < -0.3 is 14.2 Å². The Morgan fingerprint density at radius 1 is 1.22 bits per heavy atom. The van der Waals surface area contributed by atoms with Gasteiger partial charge in [-0.25, -0.2) is 4.79 Å². The monoisotopic (exact) mass is 375 g/mol. The third-order valence-corrected chi connectivity index (χ3v) is 3.46. The van der Waals surface area contributed by atoms with E-state index in [9.17, 15) is 4.79 Å². The van der Waals surface area contributed by atoms with E-state index in [0.717, 1.165) is 10.0 Å². The van der Waals surface area contributed by atoms with Crippen molar-refractivity contribution in [1.82, 2.24) is 0 Å². The zero-order valence-corrected chi connectivity index (χ0v) is 14.0. The Morgan fingerprint density at radius 3 is 2.61 bits per heavy atom. The van der Waals surface area contributed by atoms with Gasteiger partial charge in [0.2, 0.25) is 0 Å². The summed E-state index contributed by atoms with van der Waals surface area (Å²) in [6.07, 6.45) is 0. The van der Waals surface area contributed by atoms with E-state index >= 15 is 0 Å². The van der Waals surface area contributed by atoms with Crippen molar-refractivity contribution >= 4 is 21.9 Å². The summed E-state index contributed by atoms with van der Waals surface area (Å²) in [4.78, 5) is 11.7. The first kappa shape index (κ1) is 16.8. The smallest absolute Gasteiger partial charge is 0.344 e. The molecule has 0 amide bonds. The summed E-state index contributed by atoms with van der Waals surface area (Å²) >= 11 is 3.36. The minimum Gasteiger partial charge on any atom is -0.496 e. The molecule has 118 valence electrons. The van der Waals surface area contributed by atoms with Crippen LogP contribution in [0.3, 0.4) is 0 Å². The summed E-state index contributed by atoms with van der Waals surface area (Å²) in [5, 5.41) is 8.71. The van der Waals surface area contributed by atoms with Crippen LogP contribution in [0.25, 0.3) is 0 Å². The molecule has 0 heterocycles. The molecule has 0 aliphatic rings. The van der Waals surface area contributed by atoms with Crippen LogP contribution in [0.4, 0.5) is 0 Å². The fourth-order valence-electron chi connectivity index (χ4n) is 1.83. The number of hydrogen-bond donors (Lipinski definition) is 0. The Kier molecular flexibility index (Phi) is 6.01. The molecule has 2 aromatic rings. The number of halogens is 1. The van der Waals surface area contributed by atoms with Crippen LogP contribution < -0.4 is 9.47 Å². The second kappa shape index (κ2) is 8.20. The summed E-state index contributed by atoms with van der Waals surface area (Å²) in [6, 6.07) is 14.0. The molecular formula is C17H14BrNO4. The van der Waals surface area contributed by atoms with Gasteiger partial charge in [-0.3, -0.25) is 0 Å². The maximum Gasteiger partial charge on any atom is 0.344 e. The van der Waals surface area contributed by atoms with Crippen LogP contribution in [0, 0.1) is 11.3 Å². The molecule has 2 aromatic carbocycles. The molecule has 6 heteroatoms. The Balaban J connectivity index is 1.85. The largest absolute Gasteiger partial charge is 0.496 e. The van der Waals surface area contributed by atoms with Crippen LogP contribution in [0.15, 0.2) is 46.9 Å². The normalized spacial score (nSPS) is 9.78. The SMILES string of the molecule is COc1ccc(Br)cc1COC(=O)COc1ccc(C#N)cc1. The predicted octanol–water partition coefficient (Wildman–Crippen LogP) is 3.45. The van der Waals surface area contributed by atoms with Gasteiger partial charge in [-0.05, 0) is 42.5 Å². The van der Waals surface area contributed by atoms with Crippen molar-refractivity contribution in [3.8, 4) is 17.6 Å². The van der Waals surface area contributed by atoms with Gasteiger partial charge in [-0.2, -0.15) is 5.26 Å². The number of rotatable bonds is 6. The molecule has 0 fully saturated rings. The van der Waals surface area contributed by atoms with Gasteiger partial charge in [0.15, 0.2) is 6.61 Å². The fraction of sp³-hybridized carbons (Fsp3) is 0.176. The van der Waals surface area contributed by atoms with Crippen molar-refractivity contribution < 1.29 is 19.0 Å². The maximum atomic E-state index is 11.7. The molecule has 0 unspecified atom stereocenters. The molecule has 23 heavy (non-hydrogen) atoms. The van der Waals surface area contributed by atoms with Gasteiger partial charge in [-0.1, -0.05) is 15.9 Å². The van der Waals surface area contributed by atoms with E-state index in [2.05, 4.69) is 15.9 Å². The van der Waals surface area contributed by atoms with E-state index in [1.54, 1.807) is 37.4 Å². The molecule has 0 saturated carbocycles. The van der Waals surface area contributed by atoms with Crippen molar-refractivity contribution in [2.24, 2.45) is 0 Å². The second-order valence-electron chi connectivity index (χ2n) is 4.54. The number of ether oxygens (including phenoxy) is 3. The number of nitrogens with zero attached hydrogens (tertiary/aromatic N) is 1. The Hall–Kier alpha value is -2.52. The van der Waals surface area contributed by atoms with E-state index in [1.807, 2.05) is 18.2 Å². The first-order valence-electron chi connectivity index (χ1n) is 6.73. The number of hydrogen-bond acceptors (Lipinski definition) is 5. The molecule has 0 bridgehead atoms. The van der Waals surface area contributed by atoms with Crippen LogP contribution in [-0.4, -0.2) is 19.7 Å². The molecule has 0 aromatic heterocycles. The molecule has 2 rings (SSSR count). The number of carbonyl (C=O) groups excluding carboxylic acids is 1. The molecule has 0 atom stereocenters. The Bertz CT molecular complexity index is 722. The first-order valence-corrected chi connectivity index (χ1v) is 7.52. The van der Waals surface area contributed by atoms with Crippen molar-refractivity contribution in [2.45, 2.75) is 6.61 Å². The van der Waals surface area contributed by atoms with Gasteiger partial charge in [0.25, 0.3) is 0 Å². The third-order valence-electron chi connectivity index (χ3n) is 2.97. The summed E-state index contributed by atoms with van der Waals surface area (Å²) in [5.41, 5.74) is 1.29. The number of nitriles is 1. The first-order chi connectivity index (χ1) is 11.1. The van der Waals surface area contributed by atoms with Crippen molar-refractivity contribution in [3.63, 3.8) is 0 Å². The van der Waals surface area contributed by atoms with Crippen molar-refractivity contribution in [1.29, 1.82) is 5.26 Å². The van der Waals surface area contributed by atoms with E-state index in [0.29, 0.717) is 17.1 Å². The molecule has 0 spiro atoms. The maximum absolute atomic E-state index is 11.7. The molecular weight excluding hydrogens is 362 g/mol. The molecule has 5 nitrogen and oxygen atoms in total. The lowest BCUT2D eigenvalue weighted by atomic mass is 10.2. The van der Waals surface area contributed by atoms with Gasteiger partial charge in [0.05, 0.1) is 18.7 Å². The number of benzene rings is 2. The van der Waals surface area contributed by atoms with Crippen LogP contribution >= 0.6 is 15.9 Å². The lowest BCUT2D eigenvalue weighted by molar-refractivity contribution is -0.147. The zero-order chi connectivity index (χ0) is 16.7. The third kappa shape index (κ3) is 5.01. The van der Waals surface area contributed by atoms with Gasteiger partial charge in [0.1, 0.15) is 18.1 Å². The van der Waals surface area contributed by atoms with Gasteiger partial charge in [0, 0.05) is 10.0 Å².